The van der Waals surface area contributed by atoms with Crippen LogP contribution in [0.1, 0.15) is 26.2 Å². The summed E-state index contributed by atoms with van der Waals surface area (Å²) in [6.07, 6.45) is 6.49. The number of morpholine rings is 1. The van der Waals surface area contributed by atoms with Crippen molar-refractivity contribution in [3.63, 3.8) is 0 Å². The second kappa shape index (κ2) is 7.59. The van der Waals surface area contributed by atoms with Crippen LogP contribution >= 0.6 is 0 Å². The molecule has 0 spiro atoms. The first-order valence-electron chi connectivity index (χ1n) is 8.45. The van der Waals surface area contributed by atoms with Crippen LogP contribution in [0.2, 0.25) is 0 Å². The number of hydrogen-bond acceptors (Lipinski definition) is 5. The highest BCUT2D eigenvalue weighted by Crippen LogP contribution is 2.16. The Bertz CT molecular complexity index is 504. The van der Waals surface area contributed by atoms with E-state index in [1.54, 1.807) is 12.4 Å². The molecule has 126 valence electrons. The summed E-state index contributed by atoms with van der Waals surface area (Å²) < 4.78 is 5.62. The molecule has 0 radical (unpaired) electrons. The van der Waals surface area contributed by atoms with Gasteiger partial charge in [0.25, 0.3) is 0 Å². The summed E-state index contributed by atoms with van der Waals surface area (Å²) in [5.74, 6) is 0.774. The van der Waals surface area contributed by atoms with Gasteiger partial charge in [-0.3, -0.25) is 0 Å². The summed E-state index contributed by atoms with van der Waals surface area (Å²) >= 11 is 0. The van der Waals surface area contributed by atoms with Crippen LogP contribution in [0.3, 0.4) is 0 Å². The number of amides is 2. The van der Waals surface area contributed by atoms with Gasteiger partial charge in [0.05, 0.1) is 12.7 Å². The molecule has 0 aliphatic carbocycles. The SMILES string of the molecule is CC[C@H]1CN(C(=O)NC2CCN(c3ncccn3)CC2)CCO1. The lowest BCUT2D eigenvalue weighted by Crippen LogP contribution is -2.53. The number of anilines is 1. The monoisotopic (exact) mass is 319 g/mol. The first-order chi connectivity index (χ1) is 11.3. The minimum absolute atomic E-state index is 0.0427. The Morgan fingerprint density at radius 3 is 2.74 bits per heavy atom. The largest absolute Gasteiger partial charge is 0.375 e. The highest BCUT2D eigenvalue weighted by molar-refractivity contribution is 5.74. The minimum Gasteiger partial charge on any atom is -0.375 e. The number of nitrogens with one attached hydrogen (secondary N) is 1. The molecule has 2 saturated heterocycles. The molecule has 0 bridgehead atoms. The van der Waals surface area contributed by atoms with Crippen LogP contribution < -0.4 is 10.2 Å². The van der Waals surface area contributed by atoms with Crippen molar-refractivity contribution in [3.8, 4) is 0 Å². The number of carbonyl (C=O) groups is 1. The van der Waals surface area contributed by atoms with E-state index in [1.165, 1.54) is 0 Å². The van der Waals surface area contributed by atoms with Gasteiger partial charge in [0.2, 0.25) is 5.95 Å². The van der Waals surface area contributed by atoms with E-state index in [0.717, 1.165) is 38.3 Å². The molecule has 2 aliphatic heterocycles. The summed E-state index contributed by atoms with van der Waals surface area (Å²) in [5.41, 5.74) is 0. The second-order valence-electron chi connectivity index (χ2n) is 6.11. The fraction of sp³-hybridized carbons (Fsp3) is 0.688. The van der Waals surface area contributed by atoms with Crippen LogP contribution in [0, 0.1) is 0 Å². The maximum atomic E-state index is 12.4. The molecule has 0 unspecified atom stereocenters. The van der Waals surface area contributed by atoms with Gasteiger partial charge in [-0.25, -0.2) is 14.8 Å². The number of aromatic nitrogens is 2. The molecule has 3 heterocycles. The number of nitrogens with zero attached hydrogens (tertiary/aromatic N) is 4. The maximum absolute atomic E-state index is 12.4. The van der Waals surface area contributed by atoms with E-state index in [9.17, 15) is 4.79 Å². The zero-order valence-electron chi connectivity index (χ0n) is 13.6. The van der Waals surface area contributed by atoms with Crippen LogP contribution in [-0.2, 0) is 4.74 Å². The van der Waals surface area contributed by atoms with Gasteiger partial charge in [-0.05, 0) is 25.3 Å². The standard InChI is InChI=1S/C16H25N5O2/c1-2-14-12-21(10-11-23-14)16(22)19-13-4-8-20(9-5-13)15-17-6-3-7-18-15/h3,6-7,13-14H,2,4-5,8-12H2,1H3,(H,19,22)/t14-/m0/s1. The fourth-order valence-corrected chi connectivity index (χ4v) is 3.10. The zero-order chi connectivity index (χ0) is 16.1. The van der Waals surface area contributed by atoms with Crippen molar-refractivity contribution in [1.29, 1.82) is 0 Å². The molecule has 2 fully saturated rings. The van der Waals surface area contributed by atoms with Crippen molar-refractivity contribution < 1.29 is 9.53 Å². The van der Waals surface area contributed by atoms with Crippen LogP contribution in [0.25, 0.3) is 0 Å². The third kappa shape index (κ3) is 4.10. The van der Waals surface area contributed by atoms with E-state index in [1.807, 2.05) is 11.0 Å². The van der Waals surface area contributed by atoms with Crippen molar-refractivity contribution in [2.45, 2.75) is 38.3 Å². The van der Waals surface area contributed by atoms with E-state index in [-0.39, 0.29) is 18.2 Å². The normalized spacial score (nSPS) is 22.9. The van der Waals surface area contributed by atoms with Crippen molar-refractivity contribution in [3.05, 3.63) is 18.5 Å². The number of rotatable bonds is 3. The summed E-state index contributed by atoms with van der Waals surface area (Å²) in [4.78, 5) is 25.0. The molecule has 1 aromatic heterocycles. The average molecular weight is 319 g/mol. The van der Waals surface area contributed by atoms with Crippen molar-refractivity contribution in [1.82, 2.24) is 20.2 Å². The lowest BCUT2D eigenvalue weighted by atomic mass is 10.1. The highest BCUT2D eigenvalue weighted by Gasteiger charge is 2.27. The van der Waals surface area contributed by atoms with Gasteiger partial charge in [-0.1, -0.05) is 6.92 Å². The molecule has 0 saturated carbocycles. The number of ether oxygens (including phenoxy) is 1. The zero-order valence-corrected chi connectivity index (χ0v) is 13.6. The van der Waals surface area contributed by atoms with Crippen LogP contribution in [-0.4, -0.2) is 65.8 Å². The lowest BCUT2D eigenvalue weighted by molar-refractivity contribution is -0.0158. The van der Waals surface area contributed by atoms with Gasteiger partial charge in [-0.15, -0.1) is 0 Å². The molecule has 2 amide bonds. The predicted octanol–water partition coefficient (Wildman–Crippen LogP) is 1.27. The summed E-state index contributed by atoms with van der Waals surface area (Å²) in [6.45, 7) is 5.84. The molecular weight excluding hydrogens is 294 g/mol. The smallest absolute Gasteiger partial charge is 0.317 e. The lowest BCUT2D eigenvalue weighted by Gasteiger charge is -2.36. The second-order valence-corrected chi connectivity index (χ2v) is 6.11. The van der Waals surface area contributed by atoms with E-state index in [4.69, 9.17) is 4.74 Å². The Morgan fingerprint density at radius 1 is 1.30 bits per heavy atom. The van der Waals surface area contributed by atoms with E-state index in [2.05, 4.69) is 27.1 Å². The Kier molecular flexibility index (Phi) is 5.27. The number of piperidine rings is 1. The quantitative estimate of drug-likeness (QED) is 0.908. The van der Waals surface area contributed by atoms with Gasteiger partial charge >= 0.3 is 6.03 Å². The Hall–Kier alpha value is -1.89. The number of carbonyl (C=O) groups excluding carboxylic acids is 1. The third-order valence-corrected chi connectivity index (χ3v) is 4.54. The van der Waals surface area contributed by atoms with Gasteiger partial charge in [0, 0.05) is 44.6 Å². The van der Waals surface area contributed by atoms with Crippen LogP contribution in [0.4, 0.5) is 10.7 Å². The van der Waals surface area contributed by atoms with Crippen molar-refractivity contribution >= 4 is 12.0 Å². The molecular formula is C16H25N5O2. The summed E-state index contributed by atoms with van der Waals surface area (Å²) in [5, 5.41) is 3.17. The summed E-state index contributed by atoms with van der Waals surface area (Å²) in [7, 11) is 0. The molecule has 7 nitrogen and oxygen atoms in total. The van der Waals surface area contributed by atoms with Gasteiger partial charge in [0.15, 0.2) is 0 Å². The van der Waals surface area contributed by atoms with Gasteiger partial charge < -0.3 is 19.9 Å². The van der Waals surface area contributed by atoms with Gasteiger partial charge in [0.1, 0.15) is 0 Å². The van der Waals surface area contributed by atoms with E-state index >= 15 is 0 Å². The molecule has 7 heteroatoms. The Labute approximate surface area is 137 Å². The van der Waals surface area contributed by atoms with Crippen molar-refractivity contribution in [2.24, 2.45) is 0 Å². The molecule has 3 rings (SSSR count). The first-order valence-corrected chi connectivity index (χ1v) is 8.45. The minimum atomic E-state index is 0.0427. The molecule has 0 aromatic carbocycles. The molecule has 23 heavy (non-hydrogen) atoms. The van der Waals surface area contributed by atoms with E-state index < -0.39 is 0 Å². The molecule has 1 N–H and O–H groups in total. The number of urea groups is 1. The average Bonchev–Trinajstić information content (AvgIpc) is 2.63. The molecule has 2 aliphatic rings. The van der Waals surface area contributed by atoms with Crippen molar-refractivity contribution in [2.75, 3.05) is 37.7 Å². The Morgan fingerprint density at radius 2 is 2.04 bits per heavy atom. The van der Waals surface area contributed by atoms with Crippen LogP contribution in [0.5, 0.6) is 0 Å². The predicted molar refractivity (Wildman–Crippen MR) is 87.4 cm³/mol. The first kappa shape index (κ1) is 16.0. The van der Waals surface area contributed by atoms with Gasteiger partial charge in [-0.2, -0.15) is 0 Å². The topological polar surface area (TPSA) is 70.6 Å². The highest BCUT2D eigenvalue weighted by atomic mass is 16.5. The Balaban J connectivity index is 1.46. The van der Waals surface area contributed by atoms with Crippen LogP contribution in [0.15, 0.2) is 18.5 Å². The fourth-order valence-electron chi connectivity index (χ4n) is 3.10. The maximum Gasteiger partial charge on any atom is 0.317 e. The third-order valence-electron chi connectivity index (χ3n) is 4.54. The van der Waals surface area contributed by atoms with E-state index in [0.29, 0.717) is 19.7 Å². The summed E-state index contributed by atoms with van der Waals surface area (Å²) in [6, 6.07) is 2.09. The number of hydrogen-bond donors (Lipinski definition) is 1. The molecule has 1 atom stereocenters. The molecule has 1 aromatic rings.